The van der Waals surface area contributed by atoms with Gasteiger partial charge in [-0.1, -0.05) is 61.8 Å². The quantitative estimate of drug-likeness (QED) is 0.580. The van der Waals surface area contributed by atoms with E-state index in [1.54, 1.807) is 12.1 Å². The van der Waals surface area contributed by atoms with Crippen LogP contribution in [0.4, 0.5) is 0 Å². The van der Waals surface area contributed by atoms with Crippen molar-refractivity contribution in [3.8, 4) is 16.9 Å². The SMILES string of the molecule is CCCCCCc1ccc(-c2cc3ccc(O)cc3sc2=O)cc1. The molecule has 124 valence electrons. The zero-order chi connectivity index (χ0) is 16.9. The van der Waals surface area contributed by atoms with Crippen LogP contribution in [-0.2, 0) is 6.42 Å². The second kappa shape index (κ2) is 7.63. The number of phenolic OH excluding ortho intramolecular Hbond substituents is 1. The maximum absolute atomic E-state index is 12.4. The molecule has 0 radical (unpaired) electrons. The highest BCUT2D eigenvalue weighted by Gasteiger charge is 2.07. The van der Waals surface area contributed by atoms with Gasteiger partial charge in [0.2, 0.25) is 4.74 Å². The van der Waals surface area contributed by atoms with Crippen molar-refractivity contribution in [2.24, 2.45) is 0 Å². The molecule has 0 saturated heterocycles. The van der Waals surface area contributed by atoms with E-state index in [1.807, 2.05) is 24.3 Å². The molecular formula is C21H22O2S. The van der Waals surface area contributed by atoms with Crippen LogP contribution < -0.4 is 4.74 Å². The fraction of sp³-hybridized carbons (Fsp3) is 0.286. The van der Waals surface area contributed by atoms with Crippen molar-refractivity contribution >= 4 is 21.4 Å². The molecule has 3 heteroatoms. The highest BCUT2D eigenvalue weighted by molar-refractivity contribution is 7.16. The van der Waals surface area contributed by atoms with Crippen molar-refractivity contribution in [1.29, 1.82) is 0 Å². The topological polar surface area (TPSA) is 37.3 Å². The molecule has 2 aromatic carbocycles. The number of hydrogen-bond acceptors (Lipinski definition) is 3. The number of unbranched alkanes of at least 4 members (excludes halogenated alkanes) is 3. The van der Waals surface area contributed by atoms with Gasteiger partial charge in [-0.2, -0.15) is 0 Å². The molecule has 0 amide bonds. The van der Waals surface area contributed by atoms with Crippen molar-refractivity contribution < 1.29 is 5.11 Å². The smallest absolute Gasteiger partial charge is 0.240 e. The minimum absolute atomic E-state index is 0.0313. The fourth-order valence-corrected chi connectivity index (χ4v) is 3.82. The van der Waals surface area contributed by atoms with Crippen LogP contribution in [0.2, 0.25) is 0 Å². The lowest BCUT2D eigenvalue weighted by Gasteiger charge is -2.05. The van der Waals surface area contributed by atoms with Gasteiger partial charge < -0.3 is 5.11 Å². The highest BCUT2D eigenvalue weighted by Crippen LogP contribution is 2.26. The molecule has 3 rings (SSSR count). The largest absolute Gasteiger partial charge is 0.508 e. The normalized spacial score (nSPS) is 11.0. The van der Waals surface area contributed by atoms with Crippen LogP contribution in [0.15, 0.2) is 53.3 Å². The standard InChI is InChI=1S/C21H22O2S/c1-2-3-4-5-6-15-7-9-16(10-8-15)19-13-17-11-12-18(22)14-20(17)24-21(19)23/h7-14,22H,2-6H2,1H3. The van der Waals surface area contributed by atoms with Crippen LogP contribution in [0.1, 0.15) is 38.2 Å². The third kappa shape index (κ3) is 3.85. The summed E-state index contributed by atoms with van der Waals surface area (Å²) in [5, 5.41) is 10.5. The Bertz CT molecular complexity index is 878. The number of rotatable bonds is 6. The fourth-order valence-electron chi connectivity index (χ4n) is 2.91. The molecule has 0 spiro atoms. The number of aryl methyl sites for hydroxylation is 1. The number of hydrogen-bond donors (Lipinski definition) is 1. The molecule has 0 aliphatic heterocycles. The molecule has 1 N–H and O–H groups in total. The first-order valence-corrected chi connectivity index (χ1v) is 9.35. The lowest BCUT2D eigenvalue weighted by atomic mass is 10.0. The molecule has 0 aliphatic carbocycles. The van der Waals surface area contributed by atoms with E-state index in [0.717, 1.165) is 27.6 Å². The summed E-state index contributed by atoms with van der Waals surface area (Å²) in [6.45, 7) is 2.22. The zero-order valence-electron chi connectivity index (χ0n) is 13.9. The van der Waals surface area contributed by atoms with Gasteiger partial charge in [0.25, 0.3) is 0 Å². The molecule has 24 heavy (non-hydrogen) atoms. The maximum Gasteiger partial charge on any atom is 0.240 e. The van der Waals surface area contributed by atoms with Crippen molar-refractivity contribution in [1.82, 2.24) is 0 Å². The van der Waals surface area contributed by atoms with Crippen LogP contribution in [0.25, 0.3) is 21.2 Å². The maximum atomic E-state index is 12.4. The van der Waals surface area contributed by atoms with E-state index >= 15 is 0 Å². The summed E-state index contributed by atoms with van der Waals surface area (Å²) in [5.41, 5.74) is 3.02. The summed E-state index contributed by atoms with van der Waals surface area (Å²) in [6.07, 6.45) is 6.16. The summed E-state index contributed by atoms with van der Waals surface area (Å²) in [5.74, 6) is 0.193. The van der Waals surface area contributed by atoms with Gasteiger partial charge in [0.05, 0.1) is 0 Å². The molecule has 2 nitrogen and oxygen atoms in total. The Morgan fingerprint density at radius 1 is 0.958 bits per heavy atom. The zero-order valence-corrected chi connectivity index (χ0v) is 14.7. The molecule has 0 aliphatic rings. The molecule has 1 heterocycles. The monoisotopic (exact) mass is 338 g/mol. The first-order valence-electron chi connectivity index (χ1n) is 8.53. The number of fused-ring (bicyclic) bond motifs is 1. The number of benzene rings is 2. The lowest BCUT2D eigenvalue weighted by molar-refractivity contribution is 0.476. The van der Waals surface area contributed by atoms with E-state index < -0.39 is 0 Å². The number of phenols is 1. The van der Waals surface area contributed by atoms with Gasteiger partial charge in [-0.3, -0.25) is 4.79 Å². The predicted octanol–water partition coefficient (Wildman–Crippen LogP) is 5.76. The summed E-state index contributed by atoms with van der Waals surface area (Å²) >= 11 is 1.19. The molecule has 0 unspecified atom stereocenters. The minimum Gasteiger partial charge on any atom is -0.508 e. The Labute approximate surface area is 146 Å². The third-order valence-corrected chi connectivity index (χ3v) is 5.28. The van der Waals surface area contributed by atoms with Gasteiger partial charge >= 0.3 is 0 Å². The Morgan fingerprint density at radius 2 is 1.75 bits per heavy atom. The second-order valence-corrected chi connectivity index (χ2v) is 7.19. The molecule has 0 bridgehead atoms. The van der Waals surface area contributed by atoms with Gasteiger partial charge in [0.15, 0.2) is 0 Å². The molecular weight excluding hydrogens is 316 g/mol. The molecule has 1 aromatic heterocycles. The Morgan fingerprint density at radius 3 is 2.50 bits per heavy atom. The van der Waals surface area contributed by atoms with Crippen LogP contribution in [0.3, 0.4) is 0 Å². The van der Waals surface area contributed by atoms with E-state index in [2.05, 4.69) is 19.1 Å². The van der Waals surface area contributed by atoms with Gasteiger partial charge in [0, 0.05) is 10.3 Å². The second-order valence-electron chi connectivity index (χ2n) is 6.18. The Balaban J connectivity index is 1.83. The summed E-state index contributed by atoms with van der Waals surface area (Å²) in [6, 6.07) is 15.4. The Kier molecular flexibility index (Phi) is 5.31. The molecule has 3 aromatic rings. The first-order chi connectivity index (χ1) is 11.7. The summed E-state index contributed by atoms with van der Waals surface area (Å²) in [7, 11) is 0. The third-order valence-electron chi connectivity index (χ3n) is 4.30. The Hall–Kier alpha value is -2.13. The van der Waals surface area contributed by atoms with Crippen LogP contribution in [0.5, 0.6) is 5.75 Å². The van der Waals surface area contributed by atoms with Crippen molar-refractivity contribution in [2.45, 2.75) is 39.0 Å². The molecule has 0 atom stereocenters. The number of aromatic hydroxyl groups is 1. The molecule has 0 saturated carbocycles. The average molecular weight is 338 g/mol. The van der Waals surface area contributed by atoms with Crippen molar-refractivity contribution in [3.05, 3.63) is 63.6 Å². The average Bonchev–Trinajstić information content (AvgIpc) is 2.59. The van der Waals surface area contributed by atoms with Gasteiger partial charge in [-0.25, -0.2) is 0 Å². The molecule has 0 fully saturated rings. The predicted molar refractivity (Wildman–Crippen MR) is 103 cm³/mol. The van der Waals surface area contributed by atoms with E-state index in [1.165, 1.54) is 42.6 Å². The first kappa shape index (κ1) is 16.7. The van der Waals surface area contributed by atoms with E-state index in [0.29, 0.717) is 0 Å². The van der Waals surface area contributed by atoms with Crippen LogP contribution in [0, 0.1) is 0 Å². The van der Waals surface area contributed by atoms with Crippen molar-refractivity contribution in [3.63, 3.8) is 0 Å². The minimum atomic E-state index is 0.0313. The lowest BCUT2D eigenvalue weighted by Crippen LogP contribution is -1.99. The van der Waals surface area contributed by atoms with Gasteiger partial charge in [0.1, 0.15) is 5.75 Å². The van der Waals surface area contributed by atoms with Crippen molar-refractivity contribution in [2.75, 3.05) is 0 Å². The van der Waals surface area contributed by atoms with E-state index in [-0.39, 0.29) is 10.5 Å². The highest BCUT2D eigenvalue weighted by atomic mass is 32.1. The van der Waals surface area contributed by atoms with E-state index in [4.69, 9.17) is 0 Å². The van der Waals surface area contributed by atoms with Crippen LogP contribution >= 0.6 is 11.3 Å². The summed E-state index contributed by atoms with van der Waals surface area (Å²) in [4.78, 5) is 12.4. The van der Waals surface area contributed by atoms with Gasteiger partial charge in [-0.15, -0.1) is 0 Å². The van der Waals surface area contributed by atoms with Gasteiger partial charge in [-0.05, 0) is 53.6 Å². The van der Waals surface area contributed by atoms with Crippen LogP contribution in [-0.4, -0.2) is 5.11 Å². The van der Waals surface area contributed by atoms with E-state index in [9.17, 15) is 9.90 Å². The summed E-state index contributed by atoms with van der Waals surface area (Å²) < 4.78 is 0.847.